The third-order valence-electron chi connectivity index (χ3n) is 2.74. The van der Waals surface area contributed by atoms with Gasteiger partial charge in [-0.3, -0.25) is 4.79 Å². The molecule has 3 nitrogen and oxygen atoms in total. The summed E-state index contributed by atoms with van der Waals surface area (Å²) in [6.45, 7) is 1.84. The maximum Gasteiger partial charge on any atom is 0.546 e. The molecule has 0 fully saturated rings. The molecule has 0 bridgehead atoms. The Morgan fingerprint density at radius 3 is 2.17 bits per heavy atom. The van der Waals surface area contributed by atoms with Gasteiger partial charge in [0.25, 0.3) is 0 Å². The van der Waals surface area contributed by atoms with E-state index in [1.807, 2.05) is 19.1 Å². The fraction of sp³-hybridized carbons (Fsp3) is 0.0714. The van der Waals surface area contributed by atoms with Gasteiger partial charge in [0.05, 0.1) is 5.56 Å². The summed E-state index contributed by atoms with van der Waals surface area (Å²) in [5.41, 5.74) is 1.70. The van der Waals surface area contributed by atoms with Crippen LogP contribution in [0.2, 0.25) is 0 Å². The first-order valence-electron chi connectivity index (χ1n) is 5.47. The lowest BCUT2D eigenvalue weighted by Crippen LogP contribution is -2.13. The summed E-state index contributed by atoms with van der Waals surface area (Å²) in [4.78, 5) is 21.6. The van der Waals surface area contributed by atoms with Gasteiger partial charge in [0.1, 0.15) is 0 Å². The summed E-state index contributed by atoms with van der Waals surface area (Å²) in [5, 5.41) is 0.181. The quantitative estimate of drug-likeness (QED) is 0.680. The molecule has 90 valence electrons. The van der Waals surface area contributed by atoms with E-state index in [1.54, 1.807) is 30.3 Å². The second-order valence-electron chi connectivity index (χ2n) is 3.93. The molecule has 18 heavy (non-hydrogen) atoms. The summed E-state index contributed by atoms with van der Waals surface area (Å²) in [6.07, 6.45) is 0. The van der Waals surface area contributed by atoms with Crippen molar-refractivity contribution in [1.82, 2.24) is 0 Å². The molecule has 0 aliphatic heterocycles. The Bertz CT molecular complexity index is 620. The van der Waals surface area contributed by atoms with E-state index in [-0.39, 0.29) is 16.7 Å². The molecule has 0 aromatic heterocycles. The van der Waals surface area contributed by atoms with Gasteiger partial charge in [-0.15, -0.1) is 0 Å². The van der Waals surface area contributed by atoms with Crippen LogP contribution < -0.4 is 5.30 Å². The molecule has 0 heterocycles. The average molecular weight is 259 g/mol. The van der Waals surface area contributed by atoms with E-state index in [9.17, 15) is 14.3 Å². The molecule has 1 N–H and O–H groups in total. The van der Waals surface area contributed by atoms with Crippen molar-refractivity contribution in [3.63, 3.8) is 0 Å². The Hall–Kier alpha value is -1.83. The number of ketones is 1. The molecular formula is C14H12O3P+. The summed E-state index contributed by atoms with van der Waals surface area (Å²) in [6, 6.07) is 13.6. The summed E-state index contributed by atoms with van der Waals surface area (Å²) >= 11 is 0. The van der Waals surface area contributed by atoms with E-state index in [0.717, 1.165) is 5.56 Å². The maximum atomic E-state index is 12.4. The highest BCUT2D eigenvalue weighted by atomic mass is 31.1. The molecule has 1 unspecified atom stereocenters. The van der Waals surface area contributed by atoms with Gasteiger partial charge in [0.15, 0.2) is 5.78 Å². The van der Waals surface area contributed by atoms with Gasteiger partial charge < -0.3 is 0 Å². The predicted molar refractivity (Wildman–Crippen MR) is 70.5 cm³/mol. The van der Waals surface area contributed by atoms with Crippen LogP contribution in [-0.4, -0.2) is 10.7 Å². The normalized spacial score (nSPS) is 11.1. The number of rotatable bonds is 3. The standard InChI is InChI=1S/C14H11O3P/c1-10-6-2-3-7-11(10)14(15)12-8-4-5-9-13(12)18(16)17/h2-9H,1H3/p+1. The van der Waals surface area contributed by atoms with Gasteiger partial charge in [0, 0.05) is 5.56 Å². The molecule has 0 aliphatic carbocycles. The highest BCUT2D eigenvalue weighted by Crippen LogP contribution is 2.20. The van der Waals surface area contributed by atoms with E-state index in [4.69, 9.17) is 0 Å². The molecule has 0 saturated heterocycles. The van der Waals surface area contributed by atoms with E-state index in [1.165, 1.54) is 6.07 Å². The highest BCUT2D eigenvalue weighted by Gasteiger charge is 2.26. The number of hydrogen-bond acceptors (Lipinski definition) is 2. The first kappa shape index (κ1) is 12.6. The van der Waals surface area contributed by atoms with Gasteiger partial charge >= 0.3 is 8.03 Å². The van der Waals surface area contributed by atoms with Crippen molar-refractivity contribution >= 4 is 19.1 Å². The van der Waals surface area contributed by atoms with Crippen LogP contribution in [0.5, 0.6) is 0 Å². The number of hydrogen-bond donors (Lipinski definition) is 1. The van der Waals surface area contributed by atoms with Crippen molar-refractivity contribution in [1.29, 1.82) is 0 Å². The van der Waals surface area contributed by atoms with Crippen LogP contribution in [0.3, 0.4) is 0 Å². The second-order valence-corrected chi connectivity index (χ2v) is 4.96. The minimum absolute atomic E-state index is 0.181. The number of carbonyl (C=O) groups is 1. The molecular weight excluding hydrogens is 247 g/mol. The lowest BCUT2D eigenvalue weighted by molar-refractivity contribution is 0.103. The van der Waals surface area contributed by atoms with Crippen molar-refractivity contribution in [2.75, 3.05) is 0 Å². The third kappa shape index (κ3) is 2.37. The minimum atomic E-state index is -2.52. The Kier molecular flexibility index (Phi) is 3.66. The van der Waals surface area contributed by atoms with Crippen molar-refractivity contribution in [2.24, 2.45) is 0 Å². The van der Waals surface area contributed by atoms with E-state index in [0.29, 0.717) is 5.56 Å². The molecule has 4 heteroatoms. The van der Waals surface area contributed by atoms with Crippen LogP contribution in [0.1, 0.15) is 21.5 Å². The molecule has 0 saturated carbocycles. The van der Waals surface area contributed by atoms with Crippen LogP contribution in [0, 0.1) is 6.92 Å². The van der Waals surface area contributed by atoms with Gasteiger partial charge in [-0.25, -0.2) is 0 Å². The van der Waals surface area contributed by atoms with Crippen molar-refractivity contribution < 1.29 is 14.3 Å². The highest BCUT2D eigenvalue weighted by molar-refractivity contribution is 7.47. The minimum Gasteiger partial charge on any atom is -0.288 e. The molecule has 0 amide bonds. The summed E-state index contributed by atoms with van der Waals surface area (Å²) in [7, 11) is -2.52. The zero-order chi connectivity index (χ0) is 13.1. The van der Waals surface area contributed by atoms with Crippen molar-refractivity contribution in [3.8, 4) is 0 Å². The first-order valence-corrected chi connectivity index (χ1v) is 6.68. The summed E-state index contributed by atoms with van der Waals surface area (Å²) < 4.78 is 11.2. The fourth-order valence-electron chi connectivity index (χ4n) is 1.81. The average Bonchev–Trinajstić information content (AvgIpc) is 2.38. The van der Waals surface area contributed by atoms with Crippen LogP contribution in [0.4, 0.5) is 0 Å². The lowest BCUT2D eigenvalue weighted by atomic mass is 9.99. The largest absolute Gasteiger partial charge is 0.546 e. The van der Waals surface area contributed by atoms with E-state index >= 15 is 0 Å². The van der Waals surface area contributed by atoms with Crippen LogP contribution in [0.25, 0.3) is 0 Å². The van der Waals surface area contributed by atoms with Gasteiger partial charge in [-0.05, 0) is 29.2 Å². The molecule has 2 aromatic rings. The summed E-state index contributed by atoms with van der Waals surface area (Å²) in [5.74, 6) is -0.221. The number of aryl methyl sites for hydroxylation is 1. The maximum absolute atomic E-state index is 12.4. The number of carbonyl (C=O) groups excluding carboxylic acids is 1. The Morgan fingerprint density at radius 1 is 1.00 bits per heavy atom. The first-order chi connectivity index (χ1) is 8.61. The third-order valence-corrected chi connectivity index (χ3v) is 3.55. The van der Waals surface area contributed by atoms with Crippen LogP contribution >= 0.6 is 8.03 Å². The van der Waals surface area contributed by atoms with E-state index in [2.05, 4.69) is 0 Å². The van der Waals surface area contributed by atoms with Crippen LogP contribution in [-0.2, 0) is 4.57 Å². The Labute approximate surface area is 106 Å². The van der Waals surface area contributed by atoms with E-state index < -0.39 is 8.03 Å². The SMILES string of the molecule is Cc1ccccc1C(=O)c1ccccc1[P+](=O)O. The topological polar surface area (TPSA) is 54.4 Å². The van der Waals surface area contributed by atoms with Crippen LogP contribution in [0.15, 0.2) is 48.5 Å². The second kappa shape index (κ2) is 5.21. The number of benzene rings is 2. The Balaban J connectivity index is 2.54. The van der Waals surface area contributed by atoms with Gasteiger partial charge in [-0.1, -0.05) is 36.4 Å². The molecule has 2 rings (SSSR count). The van der Waals surface area contributed by atoms with Crippen molar-refractivity contribution in [3.05, 3.63) is 65.2 Å². The Morgan fingerprint density at radius 2 is 1.56 bits per heavy atom. The lowest BCUT2D eigenvalue weighted by Gasteiger charge is -2.04. The predicted octanol–water partition coefficient (Wildman–Crippen LogP) is 2.59. The van der Waals surface area contributed by atoms with Gasteiger partial charge in [-0.2, -0.15) is 4.89 Å². The zero-order valence-electron chi connectivity index (χ0n) is 9.83. The molecule has 0 radical (unpaired) electrons. The zero-order valence-corrected chi connectivity index (χ0v) is 10.7. The smallest absolute Gasteiger partial charge is 0.288 e. The van der Waals surface area contributed by atoms with Gasteiger partial charge in [0.2, 0.25) is 5.30 Å². The fourth-order valence-corrected chi connectivity index (χ4v) is 2.40. The molecule has 0 aliphatic rings. The van der Waals surface area contributed by atoms with Crippen molar-refractivity contribution in [2.45, 2.75) is 6.92 Å². The molecule has 2 aromatic carbocycles. The molecule has 1 atom stereocenters. The molecule has 0 spiro atoms. The monoisotopic (exact) mass is 259 g/mol.